The van der Waals surface area contributed by atoms with Crippen LogP contribution in [0.25, 0.3) is 0 Å². The summed E-state index contributed by atoms with van der Waals surface area (Å²) >= 11 is 0. The van der Waals surface area contributed by atoms with Gasteiger partial charge in [0.25, 0.3) is 0 Å². The maximum Gasteiger partial charge on any atom is 0.304 e. The molecule has 0 aromatic carbocycles. The monoisotopic (exact) mass is 465 g/mol. The van der Waals surface area contributed by atoms with Crippen LogP contribution in [0.3, 0.4) is 0 Å². The molecule has 4 fully saturated rings. The molecular formula is C25H47N5O3. The van der Waals surface area contributed by atoms with Crippen LogP contribution >= 0.6 is 0 Å². The highest BCUT2D eigenvalue weighted by atomic mass is 16.5. The van der Waals surface area contributed by atoms with Gasteiger partial charge >= 0.3 is 5.97 Å². The lowest BCUT2D eigenvalue weighted by Crippen LogP contribution is -2.63. The largest absolute Gasteiger partial charge is 0.481 e. The van der Waals surface area contributed by atoms with Crippen molar-refractivity contribution >= 4 is 5.97 Å². The Bertz CT molecular complexity index is 577. The number of hydrogen-bond donors (Lipinski definition) is 4. The first-order valence-corrected chi connectivity index (χ1v) is 13.5. The van der Waals surface area contributed by atoms with Crippen LogP contribution in [0.15, 0.2) is 0 Å². The minimum Gasteiger partial charge on any atom is -0.481 e. The van der Waals surface area contributed by atoms with Crippen molar-refractivity contribution in [2.45, 2.75) is 76.2 Å². The van der Waals surface area contributed by atoms with Gasteiger partial charge in [0.2, 0.25) is 0 Å². The first-order chi connectivity index (χ1) is 16.1. The molecule has 8 nitrogen and oxygen atoms in total. The number of carboxylic acid groups (broad SMARTS) is 1. The lowest BCUT2D eigenvalue weighted by molar-refractivity contribution is -0.137. The predicted octanol–water partition coefficient (Wildman–Crippen LogP) is 1.52. The molecule has 4 rings (SSSR count). The molecule has 0 unspecified atom stereocenters. The Morgan fingerprint density at radius 2 is 1.55 bits per heavy atom. The van der Waals surface area contributed by atoms with Gasteiger partial charge in [-0.1, -0.05) is 0 Å². The third-order valence-corrected chi connectivity index (χ3v) is 8.76. The Labute approximate surface area is 200 Å². The summed E-state index contributed by atoms with van der Waals surface area (Å²) in [6.07, 6.45) is 11.3. The van der Waals surface area contributed by atoms with Gasteiger partial charge < -0.3 is 19.6 Å². The van der Waals surface area contributed by atoms with Gasteiger partial charge in [-0.05, 0) is 69.1 Å². The number of methoxy groups -OCH3 is 1. The molecule has 0 aromatic rings. The van der Waals surface area contributed by atoms with Gasteiger partial charge in [-0.15, -0.1) is 0 Å². The molecule has 4 N–H and O–H groups in total. The molecule has 0 atom stereocenters. The molecular weight excluding hydrogens is 418 g/mol. The van der Waals surface area contributed by atoms with E-state index in [-0.39, 0.29) is 12.7 Å². The quantitative estimate of drug-likeness (QED) is 0.408. The number of nitrogens with zero attached hydrogens (tertiary/aromatic N) is 2. The fourth-order valence-electron chi connectivity index (χ4n) is 6.49. The van der Waals surface area contributed by atoms with E-state index in [4.69, 9.17) is 9.84 Å². The molecule has 2 saturated heterocycles. The SMILES string of the molecule is COC1CCC(C2CNC(NC3CCC(CN4CCN(CCC(=O)O)CC4)CC3)NC2)CC1. The molecule has 0 bridgehead atoms. The van der Waals surface area contributed by atoms with E-state index in [1.165, 1.54) is 57.9 Å². The second-order valence-electron chi connectivity index (χ2n) is 11.0. The third kappa shape index (κ3) is 7.87. The van der Waals surface area contributed by atoms with Crippen LogP contribution in [0.4, 0.5) is 0 Å². The minimum absolute atomic E-state index is 0.261. The van der Waals surface area contributed by atoms with Gasteiger partial charge in [0.05, 0.1) is 12.5 Å². The summed E-state index contributed by atoms with van der Waals surface area (Å²) in [5.74, 6) is 1.71. The van der Waals surface area contributed by atoms with Crippen molar-refractivity contribution in [3.05, 3.63) is 0 Å². The molecule has 0 spiro atoms. The Hall–Kier alpha value is -0.770. The van der Waals surface area contributed by atoms with Gasteiger partial charge in [-0.2, -0.15) is 0 Å². The molecule has 33 heavy (non-hydrogen) atoms. The first kappa shape index (κ1) is 25.3. The highest BCUT2D eigenvalue weighted by Gasteiger charge is 2.32. The number of carbonyl (C=O) groups is 1. The van der Waals surface area contributed by atoms with Crippen LogP contribution in [-0.4, -0.2) is 98.8 Å². The van der Waals surface area contributed by atoms with Crippen LogP contribution in [0, 0.1) is 17.8 Å². The summed E-state index contributed by atoms with van der Waals surface area (Å²) in [6.45, 7) is 8.35. The Balaban J connectivity index is 1.07. The van der Waals surface area contributed by atoms with E-state index >= 15 is 0 Å². The van der Waals surface area contributed by atoms with Crippen molar-refractivity contribution in [2.75, 3.05) is 59.5 Å². The van der Waals surface area contributed by atoms with E-state index in [9.17, 15) is 4.79 Å². The van der Waals surface area contributed by atoms with Gasteiger partial charge in [-0.25, -0.2) is 0 Å². The number of ether oxygens (including phenoxy) is 1. The van der Waals surface area contributed by atoms with E-state index in [1.54, 1.807) is 0 Å². The summed E-state index contributed by atoms with van der Waals surface area (Å²) in [5.41, 5.74) is 0. The highest BCUT2D eigenvalue weighted by molar-refractivity contribution is 5.66. The number of rotatable bonds is 9. The van der Waals surface area contributed by atoms with E-state index < -0.39 is 5.97 Å². The Kier molecular flexibility index (Phi) is 9.82. The standard InChI is InChI=1S/C25H47N5O3/c1-33-23-8-4-20(5-9-23)21-16-26-25(27-17-21)28-22-6-2-19(3-7-22)18-30-14-12-29(13-15-30)11-10-24(31)32/h19-23,25-28H,2-18H2,1H3,(H,31,32). The van der Waals surface area contributed by atoms with Gasteiger partial charge in [0.15, 0.2) is 0 Å². The van der Waals surface area contributed by atoms with Crippen molar-refractivity contribution in [1.29, 1.82) is 0 Å². The normalized spacial score (nSPS) is 37.1. The number of hydrogen-bond acceptors (Lipinski definition) is 7. The van der Waals surface area contributed by atoms with Crippen LogP contribution in [0.1, 0.15) is 57.8 Å². The second kappa shape index (κ2) is 12.8. The van der Waals surface area contributed by atoms with Crippen molar-refractivity contribution in [1.82, 2.24) is 25.8 Å². The number of aliphatic carboxylic acids is 1. The number of carboxylic acids is 1. The van der Waals surface area contributed by atoms with Crippen LogP contribution in [0.5, 0.6) is 0 Å². The molecule has 2 heterocycles. The van der Waals surface area contributed by atoms with Crippen molar-refractivity contribution < 1.29 is 14.6 Å². The van der Waals surface area contributed by atoms with Gasteiger partial charge in [0.1, 0.15) is 6.29 Å². The first-order valence-electron chi connectivity index (χ1n) is 13.5. The highest BCUT2D eigenvalue weighted by Crippen LogP contribution is 2.32. The fraction of sp³-hybridized carbons (Fsp3) is 0.960. The zero-order valence-electron chi connectivity index (χ0n) is 20.6. The topological polar surface area (TPSA) is 89.1 Å². The van der Waals surface area contributed by atoms with E-state index in [2.05, 4.69) is 25.8 Å². The number of nitrogens with one attached hydrogen (secondary N) is 3. The van der Waals surface area contributed by atoms with Crippen LogP contribution in [-0.2, 0) is 9.53 Å². The van der Waals surface area contributed by atoms with E-state index in [1.807, 2.05) is 7.11 Å². The summed E-state index contributed by atoms with van der Waals surface area (Å²) in [4.78, 5) is 15.7. The molecule has 8 heteroatoms. The lowest BCUT2D eigenvalue weighted by atomic mass is 9.78. The van der Waals surface area contributed by atoms with Crippen molar-refractivity contribution in [3.63, 3.8) is 0 Å². The maximum atomic E-state index is 10.8. The van der Waals surface area contributed by atoms with E-state index in [0.29, 0.717) is 18.7 Å². The lowest BCUT2D eigenvalue weighted by Gasteiger charge is -2.41. The van der Waals surface area contributed by atoms with Crippen molar-refractivity contribution in [2.24, 2.45) is 17.8 Å². The maximum absolute atomic E-state index is 10.8. The molecule has 2 aliphatic carbocycles. The third-order valence-electron chi connectivity index (χ3n) is 8.76. The summed E-state index contributed by atoms with van der Waals surface area (Å²) < 4.78 is 5.54. The zero-order chi connectivity index (χ0) is 23.0. The Morgan fingerprint density at radius 3 is 2.15 bits per heavy atom. The average molecular weight is 466 g/mol. The summed E-state index contributed by atoms with van der Waals surface area (Å²) in [7, 11) is 1.85. The molecule has 0 amide bonds. The van der Waals surface area contributed by atoms with Gasteiger partial charge in [0, 0.05) is 65.5 Å². The predicted molar refractivity (Wildman–Crippen MR) is 130 cm³/mol. The Morgan fingerprint density at radius 1 is 0.909 bits per heavy atom. The average Bonchev–Trinajstić information content (AvgIpc) is 2.85. The zero-order valence-corrected chi connectivity index (χ0v) is 20.6. The smallest absolute Gasteiger partial charge is 0.304 e. The molecule has 2 saturated carbocycles. The van der Waals surface area contributed by atoms with E-state index in [0.717, 1.165) is 57.0 Å². The minimum atomic E-state index is -0.689. The summed E-state index contributed by atoms with van der Waals surface area (Å²) in [5, 5.41) is 20.2. The molecule has 4 aliphatic rings. The summed E-state index contributed by atoms with van der Waals surface area (Å²) in [6, 6.07) is 0.618. The molecule has 0 radical (unpaired) electrons. The fourth-order valence-corrected chi connectivity index (χ4v) is 6.49. The molecule has 2 aliphatic heterocycles. The van der Waals surface area contributed by atoms with Crippen molar-refractivity contribution in [3.8, 4) is 0 Å². The van der Waals surface area contributed by atoms with Crippen LogP contribution < -0.4 is 16.0 Å². The second-order valence-corrected chi connectivity index (χ2v) is 11.0. The van der Waals surface area contributed by atoms with Gasteiger partial charge in [-0.3, -0.25) is 20.7 Å². The number of piperazine rings is 1. The molecule has 190 valence electrons. The van der Waals surface area contributed by atoms with Crippen LogP contribution in [0.2, 0.25) is 0 Å². The molecule has 0 aromatic heterocycles.